The molecule has 5 aromatic rings. The van der Waals surface area contributed by atoms with Gasteiger partial charge < -0.3 is 5.11 Å². The van der Waals surface area contributed by atoms with Gasteiger partial charge in [0.2, 0.25) is 0 Å². The zero-order valence-electron chi connectivity index (χ0n) is 25.2. The van der Waals surface area contributed by atoms with Crippen LogP contribution < -0.4 is 0 Å². The highest BCUT2D eigenvalue weighted by atomic mass is 32.1. The predicted octanol–water partition coefficient (Wildman–Crippen LogP) is 10.3. The van der Waals surface area contributed by atoms with Gasteiger partial charge in [-0.3, -0.25) is 4.98 Å². The summed E-state index contributed by atoms with van der Waals surface area (Å²) in [7, 11) is 0. The molecular weight excluding hydrogens is 508 g/mol. The van der Waals surface area contributed by atoms with Crippen LogP contribution in [0.1, 0.15) is 79.0 Å². The molecule has 5 rings (SSSR count). The van der Waals surface area contributed by atoms with Gasteiger partial charge in [-0.15, -0.1) is 11.3 Å². The van der Waals surface area contributed by atoms with Crippen LogP contribution in [0.5, 0.6) is 5.75 Å². The molecule has 0 saturated carbocycles. The zero-order chi connectivity index (χ0) is 29.0. The summed E-state index contributed by atoms with van der Waals surface area (Å²) in [6, 6.07) is 23.0. The van der Waals surface area contributed by atoms with Crippen LogP contribution >= 0.6 is 11.3 Å². The SMILES string of the molecule is CC(C)(C)c1cc(-c2cc(-c3ccccn3)c(C(C)(C)C)cc2C(C)(C)C)c2nc(-c3ccccc3O)sc2c1. The van der Waals surface area contributed by atoms with Crippen molar-refractivity contribution in [3.05, 3.63) is 89.6 Å². The van der Waals surface area contributed by atoms with E-state index in [0.717, 1.165) is 37.6 Å². The van der Waals surface area contributed by atoms with Crippen molar-refractivity contribution in [2.24, 2.45) is 0 Å². The number of aromatic hydroxyl groups is 1. The van der Waals surface area contributed by atoms with E-state index >= 15 is 0 Å². The smallest absolute Gasteiger partial charge is 0.128 e. The Hall–Kier alpha value is -3.50. The Morgan fingerprint density at radius 1 is 0.625 bits per heavy atom. The van der Waals surface area contributed by atoms with Crippen molar-refractivity contribution < 1.29 is 5.11 Å². The van der Waals surface area contributed by atoms with Crippen LogP contribution in [0.2, 0.25) is 0 Å². The number of fused-ring (bicyclic) bond motifs is 1. The van der Waals surface area contributed by atoms with Gasteiger partial charge >= 0.3 is 0 Å². The van der Waals surface area contributed by atoms with Crippen LogP contribution in [-0.4, -0.2) is 15.1 Å². The molecule has 1 N–H and O–H groups in total. The molecule has 3 aromatic carbocycles. The highest BCUT2D eigenvalue weighted by Gasteiger charge is 2.29. The maximum Gasteiger partial charge on any atom is 0.128 e. The molecule has 4 heteroatoms. The van der Waals surface area contributed by atoms with Crippen molar-refractivity contribution in [3.63, 3.8) is 0 Å². The maximum absolute atomic E-state index is 10.6. The zero-order valence-corrected chi connectivity index (χ0v) is 26.0. The lowest BCUT2D eigenvalue weighted by molar-refractivity contribution is 0.477. The van der Waals surface area contributed by atoms with Gasteiger partial charge in [-0.2, -0.15) is 0 Å². The summed E-state index contributed by atoms with van der Waals surface area (Å²) in [6.07, 6.45) is 1.87. The van der Waals surface area contributed by atoms with E-state index in [2.05, 4.69) is 98.7 Å². The molecule has 0 spiro atoms. The van der Waals surface area contributed by atoms with Crippen LogP contribution in [0.25, 0.3) is 43.2 Å². The molecule has 0 amide bonds. The van der Waals surface area contributed by atoms with E-state index in [1.165, 1.54) is 22.3 Å². The highest BCUT2D eigenvalue weighted by molar-refractivity contribution is 7.21. The first-order valence-electron chi connectivity index (χ1n) is 14.0. The van der Waals surface area contributed by atoms with Crippen LogP contribution in [0, 0.1) is 0 Å². The first-order chi connectivity index (χ1) is 18.6. The number of hydrogen-bond acceptors (Lipinski definition) is 4. The van der Waals surface area contributed by atoms with E-state index in [-0.39, 0.29) is 22.0 Å². The van der Waals surface area contributed by atoms with Crippen molar-refractivity contribution in [2.75, 3.05) is 0 Å². The lowest BCUT2D eigenvalue weighted by Gasteiger charge is -2.30. The van der Waals surface area contributed by atoms with E-state index < -0.39 is 0 Å². The number of hydrogen-bond donors (Lipinski definition) is 1. The van der Waals surface area contributed by atoms with Gasteiger partial charge in [0.05, 0.1) is 21.5 Å². The summed E-state index contributed by atoms with van der Waals surface area (Å²) in [5.74, 6) is 0.251. The average Bonchev–Trinajstić information content (AvgIpc) is 3.30. The molecule has 40 heavy (non-hydrogen) atoms. The van der Waals surface area contributed by atoms with Gasteiger partial charge in [-0.1, -0.05) is 86.6 Å². The summed E-state index contributed by atoms with van der Waals surface area (Å²) in [6.45, 7) is 20.5. The molecule has 3 nitrogen and oxygen atoms in total. The minimum absolute atomic E-state index is 0.0426. The standard InChI is InChI=1S/C36H40N2OS/c1-34(2,3)22-18-25(32-31(19-22)40-33(38-32)23-14-10-11-16-30(23)39)24-20-26(29-15-12-13-17-37-29)28(36(7,8)9)21-27(24)35(4,5)6/h10-21,39H,1-9H3. The largest absolute Gasteiger partial charge is 0.507 e. The molecule has 0 atom stereocenters. The molecule has 2 aromatic heterocycles. The molecule has 0 aliphatic rings. The van der Waals surface area contributed by atoms with Crippen molar-refractivity contribution in [1.82, 2.24) is 9.97 Å². The number of phenols is 1. The van der Waals surface area contributed by atoms with Crippen LogP contribution in [0.4, 0.5) is 0 Å². The Labute approximate surface area is 243 Å². The quantitative estimate of drug-likeness (QED) is 0.244. The second-order valence-electron chi connectivity index (χ2n) is 13.8. The number of rotatable bonds is 3. The fraction of sp³-hybridized carbons (Fsp3) is 0.333. The average molecular weight is 549 g/mol. The first-order valence-corrected chi connectivity index (χ1v) is 14.8. The second kappa shape index (κ2) is 9.85. The fourth-order valence-electron chi connectivity index (χ4n) is 5.24. The lowest BCUT2D eigenvalue weighted by Crippen LogP contribution is -2.19. The van der Waals surface area contributed by atoms with E-state index in [1.807, 2.05) is 30.5 Å². The molecule has 0 fully saturated rings. The molecule has 0 aliphatic heterocycles. The third kappa shape index (κ3) is 5.30. The number of phenolic OH excluding ortho intramolecular Hbond substituents is 1. The topological polar surface area (TPSA) is 46.0 Å². The minimum Gasteiger partial charge on any atom is -0.507 e. The number of thiazole rings is 1. The van der Waals surface area contributed by atoms with Crippen LogP contribution in [0.15, 0.2) is 72.9 Å². The van der Waals surface area contributed by atoms with Crippen molar-refractivity contribution in [1.29, 1.82) is 0 Å². The first kappa shape index (κ1) is 28.0. The van der Waals surface area contributed by atoms with Crippen LogP contribution in [-0.2, 0) is 16.2 Å². The molecule has 0 radical (unpaired) electrons. The summed E-state index contributed by atoms with van der Waals surface area (Å²) < 4.78 is 1.12. The second-order valence-corrected chi connectivity index (χ2v) is 14.8. The van der Waals surface area contributed by atoms with E-state index in [1.54, 1.807) is 17.4 Å². The van der Waals surface area contributed by atoms with Gasteiger partial charge in [-0.05, 0) is 81.0 Å². The van der Waals surface area contributed by atoms with Crippen molar-refractivity contribution in [3.8, 4) is 38.7 Å². The van der Waals surface area contributed by atoms with Gasteiger partial charge in [0.15, 0.2) is 0 Å². The summed E-state index contributed by atoms with van der Waals surface area (Å²) in [5, 5.41) is 11.5. The summed E-state index contributed by atoms with van der Waals surface area (Å²) >= 11 is 1.64. The van der Waals surface area contributed by atoms with Gasteiger partial charge in [-0.25, -0.2) is 4.98 Å². The molecule has 0 aliphatic carbocycles. The summed E-state index contributed by atoms with van der Waals surface area (Å²) in [5.41, 5.74) is 9.82. The minimum atomic E-state index is -0.0986. The summed E-state index contributed by atoms with van der Waals surface area (Å²) in [4.78, 5) is 9.96. The van der Waals surface area contributed by atoms with Crippen molar-refractivity contribution >= 4 is 21.6 Å². The van der Waals surface area contributed by atoms with Crippen LogP contribution in [0.3, 0.4) is 0 Å². The number of para-hydroxylation sites is 1. The van der Waals surface area contributed by atoms with E-state index in [9.17, 15) is 5.11 Å². The normalized spacial score (nSPS) is 12.7. The third-order valence-corrected chi connectivity index (χ3v) is 8.54. The fourth-order valence-corrected chi connectivity index (χ4v) is 6.30. The highest BCUT2D eigenvalue weighted by Crippen LogP contribution is 2.46. The van der Waals surface area contributed by atoms with Crippen molar-refractivity contribution in [2.45, 2.75) is 78.6 Å². The molecule has 0 bridgehead atoms. The number of nitrogens with zero attached hydrogens (tertiary/aromatic N) is 2. The third-order valence-electron chi connectivity index (χ3n) is 7.50. The number of benzene rings is 3. The van der Waals surface area contributed by atoms with E-state index in [0.29, 0.717) is 0 Å². The molecule has 2 heterocycles. The lowest BCUT2D eigenvalue weighted by atomic mass is 9.74. The van der Waals surface area contributed by atoms with E-state index in [4.69, 9.17) is 9.97 Å². The Morgan fingerprint density at radius 2 is 1.27 bits per heavy atom. The molecule has 0 saturated heterocycles. The van der Waals surface area contributed by atoms with Gasteiger partial charge in [0.25, 0.3) is 0 Å². The number of pyridine rings is 1. The molecule has 206 valence electrons. The Kier molecular flexibility index (Phi) is 6.90. The molecular formula is C36H40N2OS. The monoisotopic (exact) mass is 548 g/mol. The maximum atomic E-state index is 10.6. The van der Waals surface area contributed by atoms with Gasteiger partial charge in [0, 0.05) is 17.3 Å². The Balaban J connectivity index is 1.91. The molecule has 0 unspecified atom stereocenters. The predicted molar refractivity (Wildman–Crippen MR) is 171 cm³/mol. The number of aromatic nitrogens is 2. The van der Waals surface area contributed by atoms with Gasteiger partial charge in [0.1, 0.15) is 10.8 Å². The Bertz CT molecular complexity index is 1690. The Morgan fingerprint density at radius 3 is 1.88 bits per heavy atom.